The molecular formula is C40H29O6S2-. The third-order valence-corrected chi connectivity index (χ3v) is 11.6. The zero-order chi connectivity index (χ0) is 33.0. The average molecular weight is 670 g/mol. The van der Waals surface area contributed by atoms with Gasteiger partial charge in [0, 0.05) is 16.7 Å². The van der Waals surface area contributed by atoms with Crippen molar-refractivity contribution < 1.29 is 25.6 Å². The lowest BCUT2D eigenvalue weighted by molar-refractivity contribution is 0.459. The van der Waals surface area contributed by atoms with E-state index >= 15 is 8.42 Å². The van der Waals surface area contributed by atoms with Gasteiger partial charge in [0.25, 0.3) is 0 Å². The van der Waals surface area contributed by atoms with Gasteiger partial charge in [-0.2, -0.15) is 8.42 Å². The van der Waals surface area contributed by atoms with Crippen molar-refractivity contribution in [2.75, 3.05) is 0 Å². The second kappa shape index (κ2) is 11.6. The van der Waals surface area contributed by atoms with Crippen molar-refractivity contribution in [3.8, 4) is 28.0 Å². The Labute approximate surface area is 279 Å². The summed E-state index contributed by atoms with van der Waals surface area (Å²) in [5, 5.41) is 5.31. The first kappa shape index (κ1) is 30.3. The van der Waals surface area contributed by atoms with Crippen molar-refractivity contribution in [1.29, 1.82) is 0 Å². The van der Waals surface area contributed by atoms with Crippen LogP contribution in [0.5, 0.6) is 5.75 Å². The van der Waals surface area contributed by atoms with Crippen LogP contribution >= 0.6 is 0 Å². The molecule has 8 rings (SSSR count). The molecule has 0 spiro atoms. The van der Waals surface area contributed by atoms with E-state index in [4.69, 9.17) is 4.18 Å². The molecule has 0 atom stereocenters. The van der Waals surface area contributed by atoms with Gasteiger partial charge in [0.15, 0.2) is 0 Å². The lowest BCUT2D eigenvalue weighted by Gasteiger charge is -2.25. The van der Waals surface area contributed by atoms with E-state index in [0.29, 0.717) is 47.9 Å². The van der Waals surface area contributed by atoms with E-state index in [1.54, 1.807) is 0 Å². The maximum atomic E-state index is 15.1. The molecule has 0 saturated heterocycles. The largest absolute Gasteiger partial charge is 0.744 e. The number of fused-ring (bicyclic) bond motifs is 4. The minimum Gasteiger partial charge on any atom is -0.744 e. The Morgan fingerprint density at radius 1 is 0.521 bits per heavy atom. The van der Waals surface area contributed by atoms with Gasteiger partial charge in [-0.3, -0.25) is 0 Å². The van der Waals surface area contributed by atoms with Crippen LogP contribution in [-0.4, -0.2) is 21.4 Å². The second-order valence-electron chi connectivity index (χ2n) is 12.1. The SMILES string of the molecule is O=S(=O)([O-])c1ccc(OS(=O)(=O)c2c(-c3cccc4ccccc34)cc3ccccc3c2-c2cccc3ccccc23)c2c1CCCC2. The van der Waals surface area contributed by atoms with Gasteiger partial charge in [0.05, 0.1) is 4.90 Å². The van der Waals surface area contributed by atoms with Gasteiger partial charge in [-0.15, -0.1) is 0 Å². The van der Waals surface area contributed by atoms with Crippen LogP contribution in [0.15, 0.2) is 137 Å². The Kier molecular flexibility index (Phi) is 7.32. The molecule has 0 saturated carbocycles. The fourth-order valence-electron chi connectivity index (χ4n) is 7.23. The first-order valence-corrected chi connectivity index (χ1v) is 18.6. The van der Waals surface area contributed by atoms with Crippen LogP contribution < -0.4 is 4.18 Å². The summed E-state index contributed by atoms with van der Waals surface area (Å²) >= 11 is 0. The van der Waals surface area contributed by atoms with E-state index in [0.717, 1.165) is 43.4 Å². The van der Waals surface area contributed by atoms with Gasteiger partial charge in [0.1, 0.15) is 20.8 Å². The van der Waals surface area contributed by atoms with Crippen molar-refractivity contribution >= 4 is 52.6 Å². The highest BCUT2D eigenvalue weighted by atomic mass is 32.2. The van der Waals surface area contributed by atoms with Gasteiger partial charge < -0.3 is 8.74 Å². The molecule has 0 aliphatic heterocycles. The summed E-state index contributed by atoms with van der Waals surface area (Å²) in [6, 6.07) is 39.5. The number of rotatable bonds is 6. The Morgan fingerprint density at radius 3 is 1.73 bits per heavy atom. The Hall–Kier alpha value is -5.02. The molecule has 1 aliphatic carbocycles. The van der Waals surface area contributed by atoms with Crippen molar-refractivity contribution in [3.63, 3.8) is 0 Å². The van der Waals surface area contributed by atoms with Crippen LogP contribution in [0, 0.1) is 0 Å². The van der Waals surface area contributed by atoms with Gasteiger partial charge in [-0.05, 0) is 92.9 Å². The lowest BCUT2D eigenvalue weighted by atomic mass is 9.89. The summed E-state index contributed by atoms with van der Waals surface area (Å²) in [7, 11) is -9.37. The summed E-state index contributed by atoms with van der Waals surface area (Å²) in [6.07, 6.45) is 2.15. The molecule has 8 heteroatoms. The Bertz CT molecular complexity index is 2630. The van der Waals surface area contributed by atoms with Crippen molar-refractivity contribution in [1.82, 2.24) is 0 Å². The molecule has 48 heavy (non-hydrogen) atoms. The van der Waals surface area contributed by atoms with Gasteiger partial charge in [0.2, 0.25) is 0 Å². The zero-order valence-corrected chi connectivity index (χ0v) is 27.4. The van der Waals surface area contributed by atoms with E-state index in [9.17, 15) is 13.0 Å². The van der Waals surface area contributed by atoms with Gasteiger partial charge >= 0.3 is 10.1 Å². The first-order valence-electron chi connectivity index (χ1n) is 15.8. The van der Waals surface area contributed by atoms with Crippen molar-refractivity contribution in [3.05, 3.63) is 139 Å². The molecule has 238 valence electrons. The quantitative estimate of drug-likeness (QED) is 0.129. The van der Waals surface area contributed by atoms with Crippen LogP contribution in [0.25, 0.3) is 54.6 Å². The highest BCUT2D eigenvalue weighted by molar-refractivity contribution is 7.87. The minimum absolute atomic E-state index is 0.0130. The molecular weight excluding hydrogens is 641 g/mol. The predicted molar refractivity (Wildman–Crippen MR) is 189 cm³/mol. The van der Waals surface area contributed by atoms with Crippen LogP contribution in [0.2, 0.25) is 0 Å². The lowest BCUT2D eigenvalue weighted by Crippen LogP contribution is -2.17. The molecule has 0 aromatic heterocycles. The molecule has 7 aromatic rings. The van der Waals surface area contributed by atoms with Gasteiger partial charge in [-0.25, -0.2) is 8.42 Å². The molecule has 0 unspecified atom stereocenters. The van der Waals surface area contributed by atoms with Gasteiger partial charge in [-0.1, -0.05) is 109 Å². The van der Waals surface area contributed by atoms with E-state index < -0.39 is 20.2 Å². The fourth-order valence-corrected chi connectivity index (χ4v) is 9.38. The summed E-state index contributed by atoms with van der Waals surface area (Å²) in [5.41, 5.74) is 3.26. The number of hydrogen-bond acceptors (Lipinski definition) is 6. The predicted octanol–water partition coefficient (Wildman–Crippen LogP) is 9.03. The summed E-state index contributed by atoms with van der Waals surface area (Å²) in [5.74, 6) is 0.0398. The van der Waals surface area contributed by atoms with E-state index in [1.165, 1.54) is 12.1 Å². The molecule has 0 N–H and O–H groups in total. The van der Waals surface area contributed by atoms with E-state index in [-0.39, 0.29) is 15.5 Å². The minimum atomic E-state index is -4.76. The molecule has 0 bridgehead atoms. The number of hydrogen-bond donors (Lipinski definition) is 0. The fraction of sp³-hybridized carbons (Fsp3) is 0.100. The normalized spacial score (nSPS) is 13.5. The van der Waals surface area contributed by atoms with Crippen LogP contribution in [0.1, 0.15) is 24.0 Å². The van der Waals surface area contributed by atoms with E-state index in [2.05, 4.69) is 0 Å². The smallest absolute Gasteiger partial charge is 0.340 e. The topological polar surface area (TPSA) is 101 Å². The molecule has 0 heterocycles. The second-order valence-corrected chi connectivity index (χ2v) is 15.0. The van der Waals surface area contributed by atoms with E-state index in [1.807, 2.05) is 115 Å². The maximum Gasteiger partial charge on any atom is 0.340 e. The van der Waals surface area contributed by atoms with Crippen LogP contribution in [-0.2, 0) is 33.1 Å². The summed E-state index contributed by atoms with van der Waals surface area (Å²) in [6.45, 7) is 0. The van der Waals surface area contributed by atoms with Crippen LogP contribution in [0.4, 0.5) is 0 Å². The molecule has 0 amide bonds. The molecule has 7 aromatic carbocycles. The maximum absolute atomic E-state index is 15.1. The highest BCUT2D eigenvalue weighted by Gasteiger charge is 2.32. The zero-order valence-electron chi connectivity index (χ0n) is 25.7. The summed E-state index contributed by atoms with van der Waals surface area (Å²) < 4.78 is 72.7. The Balaban J connectivity index is 1.48. The molecule has 1 aliphatic rings. The monoisotopic (exact) mass is 669 g/mol. The van der Waals surface area contributed by atoms with Crippen molar-refractivity contribution in [2.24, 2.45) is 0 Å². The van der Waals surface area contributed by atoms with Crippen molar-refractivity contribution in [2.45, 2.75) is 35.5 Å². The standard InChI is InChI=1S/C40H30O6S2/c41-47(42,43)38-24-23-37(33-19-7-8-20-34(33)38)46-48(44,45)40-36(32-21-9-14-26-11-1-4-16-29(26)32)25-28-13-3-6-18-31(28)39(40)35-22-10-15-27-12-2-5-17-30(27)35/h1-6,9-18,21-25H,7-8,19-20H2,(H,41,42,43)/p-1. The third kappa shape index (κ3) is 5.13. The molecule has 0 fully saturated rings. The molecule has 0 radical (unpaired) electrons. The third-order valence-electron chi connectivity index (χ3n) is 9.31. The Morgan fingerprint density at radius 2 is 1.06 bits per heavy atom. The number of benzene rings is 7. The molecule has 6 nitrogen and oxygen atoms in total. The summed E-state index contributed by atoms with van der Waals surface area (Å²) in [4.78, 5) is -0.306. The van der Waals surface area contributed by atoms with Crippen LogP contribution in [0.3, 0.4) is 0 Å². The average Bonchev–Trinajstić information content (AvgIpc) is 3.10. The highest BCUT2D eigenvalue weighted by Crippen LogP contribution is 2.46. The first-order chi connectivity index (χ1) is 23.2.